The summed E-state index contributed by atoms with van der Waals surface area (Å²) in [5.41, 5.74) is 0. The second kappa shape index (κ2) is 1.43. The van der Waals surface area contributed by atoms with Crippen LogP contribution in [0.1, 0.15) is 6.42 Å². The van der Waals surface area contributed by atoms with Gasteiger partial charge in [0.1, 0.15) is 0 Å². The SMILES string of the molecule is O=S(=O)(O)C1CC1(F)F. The highest BCUT2D eigenvalue weighted by Gasteiger charge is 2.64. The molecule has 0 amide bonds. The lowest BCUT2D eigenvalue weighted by atomic mass is 10.8. The molecule has 1 aliphatic carbocycles. The first-order chi connectivity index (χ1) is 3.84. The van der Waals surface area contributed by atoms with Crippen LogP contribution in [0, 0.1) is 0 Å². The van der Waals surface area contributed by atoms with Crippen molar-refractivity contribution in [3.05, 3.63) is 0 Å². The van der Waals surface area contributed by atoms with Crippen LogP contribution in [-0.2, 0) is 10.1 Å². The van der Waals surface area contributed by atoms with Gasteiger partial charge in [-0.2, -0.15) is 8.42 Å². The molecular formula is C3H4F2O3S. The summed E-state index contributed by atoms with van der Waals surface area (Å²) < 4.78 is 51.3. The summed E-state index contributed by atoms with van der Waals surface area (Å²) in [4.78, 5) is 0. The Labute approximate surface area is 50.4 Å². The van der Waals surface area contributed by atoms with Gasteiger partial charge in [0, 0.05) is 6.42 Å². The molecule has 1 N–H and O–H groups in total. The molecule has 1 aliphatic rings. The predicted molar refractivity (Wildman–Crippen MR) is 24.9 cm³/mol. The Kier molecular flexibility index (Phi) is 1.10. The quantitative estimate of drug-likeness (QED) is 0.557. The summed E-state index contributed by atoms with van der Waals surface area (Å²) >= 11 is 0. The number of hydrogen-bond donors (Lipinski definition) is 1. The molecule has 0 spiro atoms. The number of hydrogen-bond acceptors (Lipinski definition) is 2. The normalized spacial score (nSPS) is 32.1. The number of rotatable bonds is 1. The average Bonchev–Trinajstić information content (AvgIpc) is 2.10. The zero-order valence-electron chi connectivity index (χ0n) is 4.21. The maximum atomic E-state index is 11.8. The Hall–Kier alpha value is -0.230. The largest absolute Gasteiger partial charge is 0.285 e. The highest BCUT2D eigenvalue weighted by Crippen LogP contribution is 2.46. The second-order valence-electron chi connectivity index (χ2n) is 1.97. The molecule has 0 heterocycles. The minimum atomic E-state index is -4.49. The van der Waals surface area contributed by atoms with Crippen LogP contribution in [-0.4, -0.2) is 24.1 Å². The fourth-order valence-corrected chi connectivity index (χ4v) is 1.38. The van der Waals surface area contributed by atoms with E-state index in [4.69, 9.17) is 4.55 Å². The molecule has 1 fully saturated rings. The van der Waals surface area contributed by atoms with E-state index in [9.17, 15) is 17.2 Å². The maximum absolute atomic E-state index is 11.8. The molecule has 54 valence electrons. The Bertz CT molecular complexity index is 219. The summed E-state index contributed by atoms with van der Waals surface area (Å²) in [6.45, 7) is 0. The van der Waals surface area contributed by atoms with Gasteiger partial charge in [-0.25, -0.2) is 8.78 Å². The molecule has 1 saturated carbocycles. The molecule has 1 unspecified atom stereocenters. The highest BCUT2D eigenvalue weighted by atomic mass is 32.2. The Morgan fingerprint density at radius 1 is 1.56 bits per heavy atom. The summed E-state index contributed by atoms with van der Waals surface area (Å²) in [7, 11) is -4.49. The fraction of sp³-hybridized carbons (Fsp3) is 1.00. The van der Waals surface area contributed by atoms with Crippen molar-refractivity contribution in [1.29, 1.82) is 0 Å². The third-order valence-corrected chi connectivity index (χ3v) is 2.36. The van der Waals surface area contributed by atoms with E-state index in [0.29, 0.717) is 0 Å². The summed E-state index contributed by atoms with van der Waals surface area (Å²) in [6, 6.07) is 0. The fourth-order valence-electron chi connectivity index (χ4n) is 0.511. The van der Waals surface area contributed by atoms with Crippen molar-refractivity contribution in [3.63, 3.8) is 0 Å². The van der Waals surface area contributed by atoms with E-state index in [0.717, 1.165) is 0 Å². The molecule has 6 heteroatoms. The predicted octanol–water partition coefficient (Wildman–Crippen LogP) is 0.282. The summed E-state index contributed by atoms with van der Waals surface area (Å²) in [6.07, 6.45) is -0.744. The van der Waals surface area contributed by atoms with Crippen molar-refractivity contribution in [2.45, 2.75) is 17.6 Å². The van der Waals surface area contributed by atoms with E-state index in [1.54, 1.807) is 0 Å². The van der Waals surface area contributed by atoms with E-state index in [-0.39, 0.29) is 0 Å². The monoisotopic (exact) mass is 158 g/mol. The molecule has 3 nitrogen and oxygen atoms in total. The molecule has 0 aromatic heterocycles. The van der Waals surface area contributed by atoms with Gasteiger partial charge in [-0.1, -0.05) is 0 Å². The van der Waals surface area contributed by atoms with Gasteiger partial charge in [-0.3, -0.25) is 4.55 Å². The van der Waals surface area contributed by atoms with Crippen molar-refractivity contribution < 1.29 is 21.8 Å². The van der Waals surface area contributed by atoms with Crippen LogP contribution >= 0.6 is 0 Å². The van der Waals surface area contributed by atoms with Gasteiger partial charge in [0.2, 0.25) is 0 Å². The van der Waals surface area contributed by atoms with Crippen molar-refractivity contribution in [1.82, 2.24) is 0 Å². The first-order valence-corrected chi connectivity index (χ1v) is 3.68. The van der Waals surface area contributed by atoms with Gasteiger partial charge >= 0.3 is 0 Å². The molecule has 0 radical (unpaired) electrons. The molecule has 1 rings (SSSR count). The minimum absolute atomic E-state index is 0.744. The van der Waals surface area contributed by atoms with Crippen LogP contribution in [0.15, 0.2) is 0 Å². The molecule has 0 saturated heterocycles. The highest BCUT2D eigenvalue weighted by molar-refractivity contribution is 7.86. The zero-order chi connectivity index (χ0) is 7.28. The maximum Gasteiger partial charge on any atom is 0.273 e. The van der Waals surface area contributed by atoms with Gasteiger partial charge in [0.25, 0.3) is 16.0 Å². The molecule has 9 heavy (non-hydrogen) atoms. The van der Waals surface area contributed by atoms with Crippen LogP contribution < -0.4 is 0 Å². The van der Waals surface area contributed by atoms with Crippen molar-refractivity contribution in [2.75, 3.05) is 0 Å². The Morgan fingerprint density at radius 3 is 1.89 bits per heavy atom. The minimum Gasteiger partial charge on any atom is -0.285 e. The topological polar surface area (TPSA) is 54.4 Å². The van der Waals surface area contributed by atoms with Gasteiger partial charge < -0.3 is 0 Å². The van der Waals surface area contributed by atoms with Gasteiger partial charge in [0.15, 0.2) is 5.25 Å². The first kappa shape index (κ1) is 6.88. The van der Waals surface area contributed by atoms with Crippen LogP contribution in [0.3, 0.4) is 0 Å². The van der Waals surface area contributed by atoms with E-state index in [1.165, 1.54) is 0 Å². The molecule has 1 atom stereocenters. The molecular weight excluding hydrogens is 154 g/mol. The third-order valence-electron chi connectivity index (χ3n) is 1.13. The van der Waals surface area contributed by atoms with Crippen LogP contribution in [0.5, 0.6) is 0 Å². The Balaban J connectivity index is 2.75. The van der Waals surface area contributed by atoms with Crippen molar-refractivity contribution >= 4 is 10.1 Å². The lowest BCUT2D eigenvalue weighted by Gasteiger charge is -1.90. The van der Waals surface area contributed by atoms with Gasteiger partial charge in [-0.05, 0) is 0 Å². The molecule has 0 aromatic rings. The van der Waals surface area contributed by atoms with Crippen molar-refractivity contribution in [2.24, 2.45) is 0 Å². The van der Waals surface area contributed by atoms with Gasteiger partial charge in [0.05, 0.1) is 0 Å². The summed E-state index contributed by atoms with van der Waals surface area (Å²) in [5.74, 6) is -3.19. The lowest BCUT2D eigenvalue weighted by Crippen LogP contribution is -2.11. The second-order valence-corrected chi connectivity index (χ2v) is 3.57. The smallest absolute Gasteiger partial charge is 0.273 e. The zero-order valence-corrected chi connectivity index (χ0v) is 5.03. The van der Waals surface area contributed by atoms with E-state index < -0.39 is 27.7 Å². The average molecular weight is 158 g/mol. The molecule has 0 aromatic carbocycles. The standard InChI is InChI=1S/C3H4F2O3S/c4-3(5)1-2(3)9(6,7)8/h2H,1H2,(H,6,7,8). The Morgan fingerprint density at radius 2 is 1.89 bits per heavy atom. The van der Waals surface area contributed by atoms with E-state index >= 15 is 0 Å². The first-order valence-electron chi connectivity index (χ1n) is 2.18. The van der Waals surface area contributed by atoms with E-state index in [2.05, 4.69) is 0 Å². The number of alkyl halides is 2. The third kappa shape index (κ3) is 1.19. The summed E-state index contributed by atoms with van der Waals surface area (Å²) in [5, 5.41) is -1.84. The van der Waals surface area contributed by atoms with E-state index in [1.807, 2.05) is 0 Å². The van der Waals surface area contributed by atoms with Gasteiger partial charge in [-0.15, -0.1) is 0 Å². The molecule has 0 bridgehead atoms. The molecule has 0 aliphatic heterocycles. The van der Waals surface area contributed by atoms with Crippen LogP contribution in [0.4, 0.5) is 8.78 Å². The van der Waals surface area contributed by atoms with Crippen LogP contribution in [0.2, 0.25) is 0 Å². The van der Waals surface area contributed by atoms with Crippen LogP contribution in [0.25, 0.3) is 0 Å². The van der Waals surface area contributed by atoms with Crippen molar-refractivity contribution in [3.8, 4) is 0 Å². The lowest BCUT2D eigenvalue weighted by molar-refractivity contribution is 0.120. The number of halogens is 2.